The maximum Gasteiger partial charge on any atom is 0.472 e. The minimum absolute atomic E-state index is 0.0981. The van der Waals surface area contributed by atoms with E-state index in [1.165, 1.54) is 12.8 Å². The SMILES string of the molecule is CCCCCCCCCC(=O)O[C@H](COC(=O)CCCCCCCC(C)C)COP(=O)(O)OC1[C@@H](O)[C@H](O)C(O)[C@@H](O)[C@H]1O. The number of carbonyl (C=O) groups is 2. The number of hydrogen-bond donors (Lipinski definition) is 6. The number of phosphoric ester groups is 1. The van der Waals surface area contributed by atoms with Crippen LogP contribution in [-0.4, -0.2) is 98.3 Å². The number of phosphoric acid groups is 1. The summed E-state index contributed by atoms with van der Waals surface area (Å²) in [5.74, 6) is -0.450. The van der Waals surface area contributed by atoms with Crippen molar-refractivity contribution in [3.8, 4) is 0 Å². The topological polar surface area (TPSA) is 210 Å². The number of aliphatic hydroxyl groups is 5. The van der Waals surface area contributed by atoms with Crippen molar-refractivity contribution in [3.05, 3.63) is 0 Å². The molecule has 260 valence electrons. The second-order valence-electron chi connectivity index (χ2n) is 12.2. The highest BCUT2D eigenvalue weighted by Gasteiger charge is 2.51. The van der Waals surface area contributed by atoms with Crippen LogP contribution >= 0.6 is 7.82 Å². The van der Waals surface area contributed by atoms with Crippen molar-refractivity contribution in [1.82, 2.24) is 0 Å². The molecule has 0 heterocycles. The van der Waals surface area contributed by atoms with Crippen LogP contribution in [0, 0.1) is 5.92 Å². The molecular formula is C30H57O13P. The fourth-order valence-electron chi connectivity index (χ4n) is 4.88. The van der Waals surface area contributed by atoms with Crippen LogP contribution in [0.1, 0.15) is 117 Å². The molecule has 0 amide bonds. The Hall–Kier alpha value is -1.15. The Morgan fingerprint density at radius 1 is 0.682 bits per heavy atom. The van der Waals surface area contributed by atoms with Crippen molar-refractivity contribution in [2.45, 2.75) is 160 Å². The zero-order valence-corrected chi connectivity index (χ0v) is 27.5. The molecule has 13 nitrogen and oxygen atoms in total. The summed E-state index contributed by atoms with van der Waals surface area (Å²) >= 11 is 0. The Morgan fingerprint density at radius 3 is 1.70 bits per heavy atom. The van der Waals surface area contributed by atoms with Crippen molar-refractivity contribution < 1.29 is 63.1 Å². The molecule has 0 spiro atoms. The first-order valence-corrected chi connectivity index (χ1v) is 17.7. The van der Waals surface area contributed by atoms with Gasteiger partial charge in [-0.05, 0) is 18.8 Å². The number of carbonyl (C=O) groups excluding carboxylic acids is 2. The third-order valence-electron chi connectivity index (χ3n) is 7.63. The van der Waals surface area contributed by atoms with Gasteiger partial charge in [-0.1, -0.05) is 91.4 Å². The lowest BCUT2D eigenvalue weighted by Crippen LogP contribution is -2.64. The number of rotatable bonds is 24. The molecule has 14 heteroatoms. The fourth-order valence-corrected chi connectivity index (χ4v) is 5.85. The van der Waals surface area contributed by atoms with Crippen LogP contribution in [0.2, 0.25) is 0 Å². The van der Waals surface area contributed by atoms with Gasteiger partial charge in [0.05, 0.1) is 6.61 Å². The van der Waals surface area contributed by atoms with Crippen molar-refractivity contribution in [3.63, 3.8) is 0 Å². The molecule has 0 bridgehead atoms. The first-order valence-electron chi connectivity index (χ1n) is 16.2. The number of esters is 2. The van der Waals surface area contributed by atoms with Gasteiger partial charge in [0.15, 0.2) is 6.10 Å². The predicted octanol–water partition coefficient (Wildman–Crippen LogP) is 3.29. The van der Waals surface area contributed by atoms with Crippen LogP contribution in [0.25, 0.3) is 0 Å². The van der Waals surface area contributed by atoms with Gasteiger partial charge in [0.2, 0.25) is 0 Å². The molecule has 0 aromatic rings. The summed E-state index contributed by atoms with van der Waals surface area (Å²) in [5, 5.41) is 49.6. The molecule has 0 aromatic heterocycles. The largest absolute Gasteiger partial charge is 0.472 e. The summed E-state index contributed by atoms with van der Waals surface area (Å²) < 4.78 is 33.0. The van der Waals surface area contributed by atoms with Crippen LogP contribution in [0.5, 0.6) is 0 Å². The lowest BCUT2D eigenvalue weighted by Gasteiger charge is -2.41. The lowest BCUT2D eigenvalue weighted by molar-refractivity contribution is -0.220. The second kappa shape index (κ2) is 22.4. The zero-order valence-electron chi connectivity index (χ0n) is 26.6. The van der Waals surface area contributed by atoms with E-state index in [0.717, 1.165) is 57.8 Å². The summed E-state index contributed by atoms with van der Waals surface area (Å²) in [6, 6.07) is 0. The lowest BCUT2D eigenvalue weighted by atomic mass is 9.85. The standard InChI is InChI=1S/C30H57O13P/c1-4-5-6-7-8-11-15-18-24(32)42-22(19-40-23(31)17-14-12-9-10-13-16-21(2)3)20-41-44(38,39)43-30-28(36)26(34)25(33)27(35)29(30)37/h21-22,25-30,33-37H,4-20H2,1-3H3,(H,38,39)/t22-,25?,26-,27-,28-,29+,30?/m1/s1. The van der Waals surface area contributed by atoms with Gasteiger partial charge in [0, 0.05) is 12.8 Å². The fraction of sp³-hybridized carbons (Fsp3) is 0.933. The molecule has 1 aliphatic rings. The van der Waals surface area contributed by atoms with Crippen molar-refractivity contribution >= 4 is 19.8 Å². The molecular weight excluding hydrogens is 599 g/mol. The normalized spacial score (nSPS) is 25.9. The Balaban J connectivity index is 2.64. The van der Waals surface area contributed by atoms with E-state index < -0.39 is 75.7 Å². The van der Waals surface area contributed by atoms with E-state index in [2.05, 4.69) is 20.8 Å². The number of unbranched alkanes of at least 4 members (excludes halogenated alkanes) is 10. The molecule has 0 aliphatic heterocycles. The van der Waals surface area contributed by atoms with Gasteiger partial charge in [0.25, 0.3) is 0 Å². The van der Waals surface area contributed by atoms with Gasteiger partial charge < -0.3 is 39.9 Å². The van der Waals surface area contributed by atoms with E-state index >= 15 is 0 Å². The third-order valence-corrected chi connectivity index (χ3v) is 8.61. The Morgan fingerprint density at radius 2 is 1.16 bits per heavy atom. The molecule has 1 saturated carbocycles. The molecule has 1 aliphatic carbocycles. The van der Waals surface area contributed by atoms with E-state index in [1.807, 2.05) is 0 Å². The Labute approximate surface area is 261 Å². The highest BCUT2D eigenvalue weighted by Crippen LogP contribution is 2.47. The van der Waals surface area contributed by atoms with Gasteiger partial charge in [0.1, 0.15) is 43.2 Å². The molecule has 6 N–H and O–H groups in total. The molecule has 0 aromatic carbocycles. The summed E-state index contributed by atoms with van der Waals surface area (Å²) in [4.78, 5) is 35.0. The Bertz CT molecular complexity index is 826. The van der Waals surface area contributed by atoms with E-state index in [-0.39, 0.29) is 12.8 Å². The second-order valence-corrected chi connectivity index (χ2v) is 13.6. The van der Waals surface area contributed by atoms with Crippen molar-refractivity contribution in [2.24, 2.45) is 5.92 Å². The quantitative estimate of drug-likeness (QED) is 0.0501. The molecule has 3 unspecified atom stereocenters. The smallest absolute Gasteiger partial charge is 0.462 e. The highest BCUT2D eigenvalue weighted by atomic mass is 31.2. The molecule has 0 radical (unpaired) electrons. The van der Waals surface area contributed by atoms with E-state index in [0.29, 0.717) is 18.8 Å². The maximum atomic E-state index is 12.6. The molecule has 1 rings (SSSR count). The van der Waals surface area contributed by atoms with Gasteiger partial charge in [-0.25, -0.2) is 4.57 Å². The summed E-state index contributed by atoms with van der Waals surface area (Å²) in [7, 11) is -5.09. The highest BCUT2D eigenvalue weighted by molar-refractivity contribution is 7.47. The predicted molar refractivity (Wildman–Crippen MR) is 161 cm³/mol. The molecule has 44 heavy (non-hydrogen) atoms. The van der Waals surface area contributed by atoms with Crippen LogP contribution < -0.4 is 0 Å². The summed E-state index contributed by atoms with van der Waals surface area (Å²) in [6.07, 6.45) is -0.0296. The van der Waals surface area contributed by atoms with Crippen LogP contribution in [0.4, 0.5) is 0 Å². The first-order chi connectivity index (χ1) is 20.8. The molecule has 1 fully saturated rings. The average Bonchev–Trinajstić information content (AvgIpc) is 2.97. The summed E-state index contributed by atoms with van der Waals surface area (Å²) in [5.41, 5.74) is 0. The van der Waals surface area contributed by atoms with Crippen LogP contribution in [0.3, 0.4) is 0 Å². The van der Waals surface area contributed by atoms with Crippen molar-refractivity contribution in [1.29, 1.82) is 0 Å². The molecule has 8 atom stereocenters. The Kier molecular flexibility index (Phi) is 20.8. The zero-order chi connectivity index (χ0) is 33.1. The van der Waals surface area contributed by atoms with E-state index in [1.54, 1.807) is 0 Å². The number of ether oxygens (including phenoxy) is 2. The van der Waals surface area contributed by atoms with E-state index in [9.17, 15) is 44.6 Å². The van der Waals surface area contributed by atoms with Gasteiger partial charge in [-0.15, -0.1) is 0 Å². The minimum atomic E-state index is -5.09. The van der Waals surface area contributed by atoms with Gasteiger partial charge in [-0.2, -0.15) is 0 Å². The number of aliphatic hydroxyl groups excluding tert-OH is 5. The van der Waals surface area contributed by atoms with Gasteiger partial charge in [-0.3, -0.25) is 18.6 Å². The van der Waals surface area contributed by atoms with E-state index in [4.69, 9.17) is 18.5 Å². The summed E-state index contributed by atoms with van der Waals surface area (Å²) in [6.45, 7) is 5.33. The monoisotopic (exact) mass is 656 g/mol. The number of hydrogen-bond acceptors (Lipinski definition) is 12. The third kappa shape index (κ3) is 17.0. The maximum absolute atomic E-state index is 12.6. The van der Waals surface area contributed by atoms with Crippen LogP contribution in [-0.2, 0) is 32.7 Å². The first kappa shape index (κ1) is 40.9. The minimum Gasteiger partial charge on any atom is -0.462 e. The van der Waals surface area contributed by atoms with Gasteiger partial charge >= 0.3 is 19.8 Å². The average molecular weight is 657 g/mol. The van der Waals surface area contributed by atoms with Crippen LogP contribution in [0.15, 0.2) is 0 Å². The molecule has 0 saturated heterocycles. The van der Waals surface area contributed by atoms with Crippen molar-refractivity contribution in [2.75, 3.05) is 13.2 Å².